The fourth-order valence-corrected chi connectivity index (χ4v) is 4.74. The number of hydrogen-bond donors (Lipinski definition) is 1. The number of rotatable bonds is 7. The number of anilines is 1. The van der Waals surface area contributed by atoms with E-state index in [1.54, 1.807) is 12.0 Å². The number of carbonyl (C=O) groups is 2. The Bertz CT molecular complexity index is 859. The van der Waals surface area contributed by atoms with Crippen LogP contribution in [0.4, 0.5) is 5.69 Å². The van der Waals surface area contributed by atoms with E-state index in [0.717, 1.165) is 55.3 Å². The number of halogens is 1. The van der Waals surface area contributed by atoms with Crippen LogP contribution >= 0.6 is 11.6 Å². The highest BCUT2D eigenvalue weighted by Crippen LogP contribution is 2.46. The molecule has 2 amide bonds. The number of nitrogens with zero attached hydrogens (tertiary/aromatic N) is 3. The monoisotopic (exact) mass is 446 g/mol. The summed E-state index contributed by atoms with van der Waals surface area (Å²) in [5, 5.41) is 4.07. The van der Waals surface area contributed by atoms with E-state index in [2.05, 4.69) is 16.8 Å². The molecule has 1 saturated carbocycles. The molecule has 4 rings (SSSR count). The van der Waals surface area contributed by atoms with Crippen LogP contribution < -0.4 is 10.1 Å². The van der Waals surface area contributed by atoms with Gasteiger partial charge in [0.15, 0.2) is 0 Å². The molecule has 1 aromatic rings. The molecular weight excluding hydrogens is 416 g/mol. The van der Waals surface area contributed by atoms with Crippen molar-refractivity contribution in [2.24, 2.45) is 0 Å². The van der Waals surface area contributed by atoms with Crippen LogP contribution in [0.5, 0.6) is 5.75 Å². The van der Waals surface area contributed by atoms with Crippen LogP contribution in [0.25, 0.3) is 0 Å². The predicted molar refractivity (Wildman–Crippen MR) is 122 cm³/mol. The van der Waals surface area contributed by atoms with Crippen molar-refractivity contribution in [3.8, 4) is 5.75 Å². The van der Waals surface area contributed by atoms with Crippen LogP contribution in [0.3, 0.4) is 0 Å². The molecule has 0 bridgehead atoms. The van der Waals surface area contributed by atoms with Crippen LogP contribution in [0.1, 0.15) is 31.2 Å². The summed E-state index contributed by atoms with van der Waals surface area (Å²) in [7, 11) is 1.61. The van der Waals surface area contributed by atoms with Gasteiger partial charge in [0.05, 0.1) is 12.8 Å². The van der Waals surface area contributed by atoms with Gasteiger partial charge >= 0.3 is 0 Å². The Morgan fingerprint density at radius 3 is 2.45 bits per heavy atom. The number of amides is 2. The lowest BCUT2D eigenvalue weighted by molar-refractivity contribution is -0.136. The van der Waals surface area contributed by atoms with E-state index in [9.17, 15) is 9.59 Å². The first kappa shape index (κ1) is 22.0. The molecule has 1 atom stereocenters. The van der Waals surface area contributed by atoms with E-state index in [0.29, 0.717) is 30.8 Å². The van der Waals surface area contributed by atoms with Gasteiger partial charge in [-0.3, -0.25) is 14.5 Å². The zero-order valence-electron chi connectivity index (χ0n) is 18.3. The molecule has 0 aromatic heterocycles. The highest BCUT2D eigenvalue weighted by molar-refractivity contribution is 6.31. The molecule has 8 heteroatoms. The molecule has 0 radical (unpaired) electrons. The summed E-state index contributed by atoms with van der Waals surface area (Å²) >= 11 is 6.41. The van der Waals surface area contributed by atoms with Gasteiger partial charge in [-0.2, -0.15) is 0 Å². The van der Waals surface area contributed by atoms with Gasteiger partial charge < -0.3 is 19.9 Å². The van der Waals surface area contributed by atoms with Crippen LogP contribution in [0.2, 0.25) is 5.02 Å². The molecule has 3 aliphatic rings. The second-order valence-electron chi connectivity index (χ2n) is 8.68. The van der Waals surface area contributed by atoms with Crippen molar-refractivity contribution >= 4 is 29.1 Å². The standard InChI is InChI=1S/C23H31ClN4O3/c1-4-22(29)28-13-17(14-28)26-7-9-27(10-8-26)23(30)15(2)25-20-11-18(16-5-6-16)19(24)12-21(20)31-3/h4,11-12,15-17,25H,1,5-10,13-14H2,2-3H3/t15-/m0/s1. The number of methoxy groups -OCH3 is 1. The number of piperazine rings is 1. The summed E-state index contributed by atoms with van der Waals surface area (Å²) in [4.78, 5) is 30.8. The third kappa shape index (κ3) is 4.67. The zero-order chi connectivity index (χ0) is 22.1. The lowest BCUT2D eigenvalue weighted by Gasteiger charge is -2.48. The molecule has 31 heavy (non-hydrogen) atoms. The highest BCUT2D eigenvalue weighted by atomic mass is 35.5. The smallest absolute Gasteiger partial charge is 0.246 e. The van der Waals surface area contributed by atoms with Crippen molar-refractivity contribution < 1.29 is 14.3 Å². The van der Waals surface area contributed by atoms with E-state index in [1.165, 1.54) is 6.08 Å². The molecule has 168 valence electrons. The Hall–Kier alpha value is -2.25. The van der Waals surface area contributed by atoms with E-state index in [4.69, 9.17) is 16.3 Å². The summed E-state index contributed by atoms with van der Waals surface area (Å²) in [5.41, 5.74) is 1.94. The van der Waals surface area contributed by atoms with Crippen molar-refractivity contribution in [2.75, 3.05) is 51.7 Å². The third-order valence-electron chi connectivity index (χ3n) is 6.57. The molecule has 2 heterocycles. The summed E-state index contributed by atoms with van der Waals surface area (Å²) in [6.45, 7) is 9.97. The first-order chi connectivity index (χ1) is 14.9. The van der Waals surface area contributed by atoms with Gasteiger partial charge in [-0.25, -0.2) is 0 Å². The number of carbonyl (C=O) groups excluding carboxylic acids is 2. The first-order valence-corrected chi connectivity index (χ1v) is 11.4. The maximum Gasteiger partial charge on any atom is 0.246 e. The van der Waals surface area contributed by atoms with Gasteiger partial charge in [-0.15, -0.1) is 0 Å². The normalized spacial score (nSPS) is 20.7. The average Bonchev–Trinajstić information content (AvgIpc) is 3.58. The minimum Gasteiger partial charge on any atom is -0.495 e. The number of ether oxygens (including phenoxy) is 1. The van der Waals surface area contributed by atoms with Gasteiger partial charge in [-0.1, -0.05) is 18.2 Å². The molecular formula is C23H31ClN4O3. The van der Waals surface area contributed by atoms with Gasteiger partial charge in [0.25, 0.3) is 0 Å². The Morgan fingerprint density at radius 1 is 1.19 bits per heavy atom. The van der Waals surface area contributed by atoms with E-state index in [-0.39, 0.29) is 17.9 Å². The van der Waals surface area contributed by atoms with E-state index in [1.807, 2.05) is 24.0 Å². The Balaban J connectivity index is 1.31. The maximum atomic E-state index is 13.1. The Kier molecular flexibility index (Phi) is 6.44. The zero-order valence-corrected chi connectivity index (χ0v) is 19.0. The van der Waals surface area contributed by atoms with E-state index >= 15 is 0 Å². The molecule has 2 saturated heterocycles. The molecule has 3 fully saturated rings. The Labute approximate surface area is 188 Å². The van der Waals surface area contributed by atoms with Gasteiger partial charge in [-0.05, 0) is 43.4 Å². The van der Waals surface area contributed by atoms with Crippen molar-refractivity contribution in [2.45, 2.75) is 37.8 Å². The van der Waals surface area contributed by atoms with Crippen LogP contribution in [0, 0.1) is 0 Å². The fraction of sp³-hybridized carbons (Fsp3) is 0.565. The van der Waals surface area contributed by atoms with Crippen molar-refractivity contribution in [1.82, 2.24) is 14.7 Å². The molecule has 0 unspecified atom stereocenters. The summed E-state index contributed by atoms with van der Waals surface area (Å²) in [6, 6.07) is 3.90. The largest absolute Gasteiger partial charge is 0.495 e. The second kappa shape index (κ2) is 9.09. The molecule has 0 spiro atoms. The molecule has 1 aromatic carbocycles. The van der Waals surface area contributed by atoms with Crippen molar-refractivity contribution in [3.05, 3.63) is 35.4 Å². The fourth-order valence-electron chi connectivity index (χ4n) is 4.43. The second-order valence-corrected chi connectivity index (χ2v) is 9.08. The Morgan fingerprint density at radius 2 is 1.87 bits per heavy atom. The van der Waals surface area contributed by atoms with Gasteiger partial charge in [0.1, 0.15) is 11.8 Å². The highest BCUT2D eigenvalue weighted by Gasteiger charge is 2.36. The average molecular weight is 447 g/mol. The molecule has 7 nitrogen and oxygen atoms in total. The third-order valence-corrected chi connectivity index (χ3v) is 6.90. The maximum absolute atomic E-state index is 13.1. The van der Waals surface area contributed by atoms with Crippen molar-refractivity contribution in [1.29, 1.82) is 0 Å². The lowest BCUT2D eigenvalue weighted by Crippen LogP contribution is -2.64. The first-order valence-electron chi connectivity index (χ1n) is 11.0. The number of benzene rings is 1. The number of likely N-dealkylation sites (tertiary alicyclic amines) is 1. The predicted octanol–water partition coefficient (Wildman–Crippen LogP) is 2.57. The molecule has 2 aliphatic heterocycles. The number of nitrogens with one attached hydrogen (secondary N) is 1. The van der Waals surface area contributed by atoms with Crippen LogP contribution in [-0.4, -0.2) is 85.0 Å². The van der Waals surface area contributed by atoms with Gasteiger partial charge in [0.2, 0.25) is 11.8 Å². The van der Waals surface area contributed by atoms with Crippen LogP contribution in [-0.2, 0) is 9.59 Å². The topological polar surface area (TPSA) is 65.1 Å². The number of hydrogen-bond acceptors (Lipinski definition) is 5. The molecule has 1 aliphatic carbocycles. The lowest BCUT2D eigenvalue weighted by atomic mass is 10.1. The quantitative estimate of drug-likeness (QED) is 0.652. The SMILES string of the molecule is C=CC(=O)N1CC(N2CCN(C(=O)[C@H](C)Nc3cc(C4CC4)c(Cl)cc3OC)CC2)C1. The molecule has 1 N–H and O–H groups in total. The van der Waals surface area contributed by atoms with Gasteiger partial charge in [0, 0.05) is 56.4 Å². The summed E-state index contributed by atoms with van der Waals surface area (Å²) < 4.78 is 5.49. The van der Waals surface area contributed by atoms with E-state index < -0.39 is 0 Å². The summed E-state index contributed by atoms with van der Waals surface area (Å²) in [6.07, 6.45) is 3.68. The summed E-state index contributed by atoms with van der Waals surface area (Å²) in [5.74, 6) is 1.25. The minimum absolute atomic E-state index is 0.00701. The van der Waals surface area contributed by atoms with Crippen LogP contribution in [0.15, 0.2) is 24.8 Å². The minimum atomic E-state index is -0.363. The van der Waals surface area contributed by atoms with Crippen molar-refractivity contribution in [3.63, 3.8) is 0 Å².